The number of carbonyl (C=O) groups is 1. The molecular weight excluding hydrogens is 254 g/mol. The lowest BCUT2D eigenvalue weighted by Gasteiger charge is -2.05. The number of halogens is 2. The highest BCUT2D eigenvalue weighted by Gasteiger charge is 2.14. The third-order valence-corrected chi connectivity index (χ3v) is 2.32. The number of ether oxygens (including phenoxy) is 1. The van der Waals surface area contributed by atoms with Crippen molar-refractivity contribution in [3.05, 3.63) is 47.9 Å². The molecule has 0 spiro atoms. The summed E-state index contributed by atoms with van der Waals surface area (Å²) in [4.78, 5) is 19.1. The zero-order chi connectivity index (χ0) is 13.8. The fraction of sp³-hybridized carbons (Fsp3) is 0.154. The van der Waals surface area contributed by atoms with Crippen LogP contribution < -0.4 is 0 Å². The smallest absolute Gasteiger partial charge is 0.376 e. The van der Waals surface area contributed by atoms with Crippen molar-refractivity contribution in [3.63, 3.8) is 0 Å². The quantitative estimate of drug-likeness (QED) is 0.799. The Morgan fingerprint density at radius 2 is 2.11 bits per heavy atom. The van der Waals surface area contributed by atoms with E-state index in [0.717, 1.165) is 18.2 Å². The van der Waals surface area contributed by atoms with Gasteiger partial charge in [-0.3, -0.25) is 0 Å². The second-order valence-corrected chi connectivity index (χ2v) is 3.61. The molecular formula is C13H10F2N2O2. The SMILES string of the molecule is CCOC(=O)c1nccc(-c2cc(F)ccc2F)n1. The third-order valence-electron chi connectivity index (χ3n) is 2.32. The molecule has 6 heteroatoms. The van der Waals surface area contributed by atoms with Crippen molar-refractivity contribution in [2.24, 2.45) is 0 Å². The first-order valence-electron chi connectivity index (χ1n) is 5.57. The van der Waals surface area contributed by atoms with E-state index in [9.17, 15) is 13.6 Å². The number of esters is 1. The average Bonchev–Trinajstić information content (AvgIpc) is 2.42. The first-order valence-corrected chi connectivity index (χ1v) is 5.57. The summed E-state index contributed by atoms with van der Waals surface area (Å²) in [6.45, 7) is 1.83. The summed E-state index contributed by atoms with van der Waals surface area (Å²) in [7, 11) is 0. The molecule has 4 nitrogen and oxygen atoms in total. The number of carbonyl (C=O) groups excluding carboxylic acids is 1. The molecule has 0 radical (unpaired) electrons. The molecule has 19 heavy (non-hydrogen) atoms. The Balaban J connectivity index is 2.43. The van der Waals surface area contributed by atoms with E-state index in [1.54, 1.807) is 6.92 Å². The van der Waals surface area contributed by atoms with Gasteiger partial charge in [0.25, 0.3) is 0 Å². The van der Waals surface area contributed by atoms with Crippen LogP contribution >= 0.6 is 0 Å². The van der Waals surface area contributed by atoms with Crippen LogP contribution in [0, 0.1) is 11.6 Å². The van der Waals surface area contributed by atoms with Gasteiger partial charge in [0.05, 0.1) is 12.3 Å². The molecule has 2 rings (SSSR count). The Kier molecular flexibility index (Phi) is 3.79. The highest BCUT2D eigenvalue weighted by atomic mass is 19.1. The standard InChI is InChI=1S/C13H10F2N2O2/c1-2-19-13(18)12-16-6-5-11(17-12)9-7-8(14)3-4-10(9)15/h3-7H,2H2,1H3. The summed E-state index contributed by atoms with van der Waals surface area (Å²) in [5.41, 5.74) is 0.0861. The Bertz CT molecular complexity index is 617. The lowest BCUT2D eigenvalue weighted by atomic mass is 10.1. The summed E-state index contributed by atoms with van der Waals surface area (Å²) in [5, 5.41) is 0. The van der Waals surface area contributed by atoms with Crippen molar-refractivity contribution < 1.29 is 18.3 Å². The predicted molar refractivity (Wildman–Crippen MR) is 63.3 cm³/mol. The van der Waals surface area contributed by atoms with Gasteiger partial charge in [0.15, 0.2) is 0 Å². The van der Waals surface area contributed by atoms with Gasteiger partial charge in [-0.25, -0.2) is 23.5 Å². The molecule has 98 valence electrons. The Hall–Kier alpha value is -2.37. The predicted octanol–water partition coefficient (Wildman–Crippen LogP) is 2.60. The molecule has 2 aromatic rings. The molecule has 1 heterocycles. The molecule has 0 N–H and O–H groups in total. The minimum absolute atomic E-state index is 0.0343. The molecule has 1 aromatic heterocycles. The van der Waals surface area contributed by atoms with Gasteiger partial charge in [-0.15, -0.1) is 0 Å². The number of nitrogens with zero attached hydrogens (tertiary/aromatic N) is 2. The van der Waals surface area contributed by atoms with E-state index in [2.05, 4.69) is 9.97 Å². The van der Waals surface area contributed by atoms with Crippen molar-refractivity contribution in [1.29, 1.82) is 0 Å². The van der Waals surface area contributed by atoms with Crippen molar-refractivity contribution in [1.82, 2.24) is 9.97 Å². The van der Waals surface area contributed by atoms with Gasteiger partial charge in [-0.2, -0.15) is 0 Å². The van der Waals surface area contributed by atoms with E-state index in [4.69, 9.17) is 4.74 Å². The molecule has 0 atom stereocenters. The third kappa shape index (κ3) is 2.90. The first-order chi connectivity index (χ1) is 9.11. The van der Waals surface area contributed by atoms with Crippen LogP contribution in [-0.4, -0.2) is 22.5 Å². The summed E-state index contributed by atoms with van der Waals surface area (Å²) in [5.74, 6) is -2.12. The minimum Gasteiger partial charge on any atom is -0.460 e. The summed E-state index contributed by atoms with van der Waals surface area (Å²) < 4.78 is 31.4. The average molecular weight is 264 g/mol. The molecule has 0 unspecified atom stereocenters. The van der Waals surface area contributed by atoms with E-state index in [-0.39, 0.29) is 23.7 Å². The zero-order valence-electron chi connectivity index (χ0n) is 10.1. The van der Waals surface area contributed by atoms with Crippen LogP contribution in [-0.2, 0) is 4.74 Å². The van der Waals surface area contributed by atoms with Gasteiger partial charge in [-0.1, -0.05) is 0 Å². The summed E-state index contributed by atoms with van der Waals surface area (Å²) in [6.07, 6.45) is 1.29. The largest absolute Gasteiger partial charge is 0.460 e. The lowest BCUT2D eigenvalue weighted by Crippen LogP contribution is -2.10. The summed E-state index contributed by atoms with van der Waals surface area (Å²) >= 11 is 0. The number of hydrogen-bond acceptors (Lipinski definition) is 4. The maximum atomic E-state index is 13.6. The van der Waals surface area contributed by atoms with Crippen molar-refractivity contribution in [2.75, 3.05) is 6.61 Å². The fourth-order valence-electron chi connectivity index (χ4n) is 1.50. The number of benzene rings is 1. The molecule has 0 amide bonds. The zero-order valence-corrected chi connectivity index (χ0v) is 10.1. The Labute approximate surface area is 108 Å². The minimum atomic E-state index is -0.707. The van der Waals surface area contributed by atoms with E-state index >= 15 is 0 Å². The van der Waals surface area contributed by atoms with Crippen LogP contribution in [0.15, 0.2) is 30.5 Å². The van der Waals surface area contributed by atoms with Gasteiger partial charge < -0.3 is 4.74 Å². The molecule has 1 aromatic carbocycles. The molecule has 0 saturated heterocycles. The second-order valence-electron chi connectivity index (χ2n) is 3.61. The van der Waals surface area contributed by atoms with Crippen LogP contribution in [0.4, 0.5) is 8.78 Å². The van der Waals surface area contributed by atoms with Crippen LogP contribution in [0.25, 0.3) is 11.3 Å². The number of hydrogen-bond donors (Lipinski definition) is 0. The number of rotatable bonds is 3. The molecule has 0 aliphatic rings. The molecule has 0 saturated carbocycles. The Morgan fingerprint density at radius 1 is 1.32 bits per heavy atom. The van der Waals surface area contributed by atoms with E-state index in [0.29, 0.717) is 0 Å². The van der Waals surface area contributed by atoms with Gasteiger partial charge in [0.2, 0.25) is 5.82 Å². The highest BCUT2D eigenvalue weighted by Crippen LogP contribution is 2.21. The van der Waals surface area contributed by atoms with Crippen molar-refractivity contribution in [2.45, 2.75) is 6.92 Å². The van der Waals surface area contributed by atoms with Crippen molar-refractivity contribution >= 4 is 5.97 Å². The molecule has 0 bridgehead atoms. The lowest BCUT2D eigenvalue weighted by molar-refractivity contribution is 0.0512. The van der Waals surface area contributed by atoms with Gasteiger partial charge in [0, 0.05) is 11.8 Å². The normalized spacial score (nSPS) is 10.3. The topological polar surface area (TPSA) is 52.1 Å². The van der Waals surface area contributed by atoms with E-state index in [1.165, 1.54) is 12.3 Å². The maximum absolute atomic E-state index is 13.6. The van der Waals surface area contributed by atoms with Crippen LogP contribution in [0.5, 0.6) is 0 Å². The fourth-order valence-corrected chi connectivity index (χ4v) is 1.50. The van der Waals surface area contributed by atoms with Crippen LogP contribution in [0.3, 0.4) is 0 Å². The Morgan fingerprint density at radius 3 is 2.84 bits per heavy atom. The molecule has 0 aliphatic carbocycles. The first kappa shape index (κ1) is 13.1. The van der Waals surface area contributed by atoms with Crippen molar-refractivity contribution in [3.8, 4) is 11.3 Å². The van der Waals surface area contributed by atoms with Gasteiger partial charge in [-0.05, 0) is 31.2 Å². The van der Waals surface area contributed by atoms with E-state index < -0.39 is 17.6 Å². The van der Waals surface area contributed by atoms with Crippen LogP contribution in [0.2, 0.25) is 0 Å². The van der Waals surface area contributed by atoms with Crippen LogP contribution in [0.1, 0.15) is 17.5 Å². The monoisotopic (exact) mass is 264 g/mol. The second kappa shape index (κ2) is 5.51. The maximum Gasteiger partial charge on any atom is 0.376 e. The highest BCUT2D eigenvalue weighted by molar-refractivity contribution is 5.85. The molecule has 0 aliphatic heterocycles. The molecule has 0 fully saturated rings. The number of aromatic nitrogens is 2. The van der Waals surface area contributed by atoms with Gasteiger partial charge in [0.1, 0.15) is 11.6 Å². The van der Waals surface area contributed by atoms with E-state index in [1.807, 2.05) is 0 Å². The van der Waals surface area contributed by atoms with Gasteiger partial charge >= 0.3 is 5.97 Å². The summed E-state index contributed by atoms with van der Waals surface area (Å²) in [6, 6.07) is 4.40.